The molecule has 0 aromatic heterocycles. The van der Waals surface area contributed by atoms with Crippen LogP contribution in [0.5, 0.6) is 11.5 Å². The number of ketones is 2. The van der Waals surface area contributed by atoms with Crippen LogP contribution in [0.25, 0.3) is 0 Å². The zero-order valence-corrected chi connectivity index (χ0v) is 19.4. The van der Waals surface area contributed by atoms with Crippen LogP contribution in [0.15, 0.2) is 18.2 Å². The molecule has 0 spiro atoms. The second kappa shape index (κ2) is 9.58. The lowest BCUT2D eigenvalue weighted by atomic mass is 9.63. The molecule has 0 unspecified atom stereocenters. The van der Waals surface area contributed by atoms with Crippen LogP contribution in [-0.2, 0) is 28.6 Å². The number of hydrogen-bond acceptors (Lipinski definition) is 8. The summed E-state index contributed by atoms with van der Waals surface area (Å²) in [4.78, 5) is 37.7. The van der Waals surface area contributed by atoms with Gasteiger partial charge in [0, 0.05) is 18.4 Å². The van der Waals surface area contributed by atoms with E-state index in [1.807, 2.05) is 6.07 Å². The van der Waals surface area contributed by atoms with Crippen LogP contribution >= 0.6 is 0 Å². The highest BCUT2D eigenvalue weighted by Crippen LogP contribution is 2.54. The number of methoxy groups -OCH3 is 3. The summed E-state index contributed by atoms with van der Waals surface area (Å²) in [5.74, 6) is 0.143. The highest BCUT2D eigenvalue weighted by Gasteiger charge is 2.62. The molecule has 3 atom stereocenters. The van der Waals surface area contributed by atoms with Gasteiger partial charge in [-0.1, -0.05) is 26.3 Å². The number of hydrogen-bond donors (Lipinski definition) is 0. The summed E-state index contributed by atoms with van der Waals surface area (Å²) in [6.07, 6.45) is 0.826. The molecule has 0 amide bonds. The number of ether oxygens (including phenoxy) is 5. The first-order valence-corrected chi connectivity index (χ1v) is 10.9. The van der Waals surface area contributed by atoms with E-state index in [1.165, 1.54) is 7.11 Å². The molecule has 8 heteroatoms. The molecule has 0 N–H and O–H groups in total. The minimum atomic E-state index is -1.20. The van der Waals surface area contributed by atoms with Crippen molar-refractivity contribution in [2.45, 2.75) is 70.4 Å². The first kappa shape index (κ1) is 24.2. The van der Waals surface area contributed by atoms with Crippen LogP contribution in [0, 0.1) is 5.41 Å². The van der Waals surface area contributed by atoms with Gasteiger partial charge in [0.05, 0.1) is 32.8 Å². The number of esters is 1. The van der Waals surface area contributed by atoms with Crippen LogP contribution in [0.2, 0.25) is 0 Å². The van der Waals surface area contributed by atoms with Crippen molar-refractivity contribution in [3.05, 3.63) is 23.8 Å². The van der Waals surface area contributed by atoms with Gasteiger partial charge in [-0.15, -0.1) is 0 Å². The summed E-state index contributed by atoms with van der Waals surface area (Å²) in [5, 5.41) is 0. The van der Waals surface area contributed by atoms with E-state index in [2.05, 4.69) is 4.74 Å². The summed E-state index contributed by atoms with van der Waals surface area (Å²) in [6.45, 7) is 3.61. The molecule has 1 heterocycles. The molecule has 1 saturated carbocycles. The molecule has 2 fully saturated rings. The van der Waals surface area contributed by atoms with Crippen molar-refractivity contribution in [2.75, 3.05) is 21.3 Å². The normalized spacial score (nSPS) is 27.1. The van der Waals surface area contributed by atoms with Crippen molar-refractivity contribution < 1.29 is 38.1 Å². The minimum Gasteiger partial charge on any atom is -0.493 e. The van der Waals surface area contributed by atoms with E-state index in [4.69, 9.17) is 18.9 Å². The molecule has 176 valence electrons. The Morgan fingerprint density at radius 3 is 2.47 bits per heavy atom. The van der Waals surface area contributed by atoms with Crippen LogP contribution in [0.4, 0.5) is 0 Å². The third kappa shape index (κ3) is 4.38. The molecule has 0 radical (unpaired) electrons. The van der Waals surface area contributed by atoms with Crippen LogP contribution < -0.4 is 9.47 Å². The van der Waals surface area contributed by atoms with Crippen molar-refractivity contribution in [3.8, 4) is 11.5 Å². The molecule has 1 saturated heterocycles. The highest BCUT2D eigenvalue weighted by atomic mass is 16.7. The largest absolute Gasteiger partial charge is 0.493 e. The second-order valence-corrected chi connectivity index (χ2v) is 8.84. The number of fused-ring (bicyclic) bond motifs is 1. The van der Waals surface area contributed by atoms with E-state index in [9.17, 15) is 14.4 Å². The van der Waals surface area contributed by atoms with Gasteiger partial charge in [0.1, 0.15) is 23.6 Å². The first-order chi connectivity index (χ1) is 15.2. The summed E-state index contributed by atoms with van der Waals surface area (Å²) in [5.41, 5.74) is -1.50. The average Bonchev–Trinajstić information content (AvgIpc) is 3.14. The first-order valence-electron chi connectivity index (χ1n) is 10.9. The smallest absolute Gasteiger partial charge is 0.313 e. The van der Waals surface area contributed by atoms with Gasteiger partial charge in [0.15, 0.2) is 17.8 Å². The Hall–Kier alpha value is -2.45. The van der Waals surface area contributed by atoms with Crippen LogP contribution in [0.3, 0.4) is 0 Å². The molecule has 1 aromatic rings. The van der Waals surface area contributed by atoms with Crippen molar-refractivity contribution in [1.29, 1.82) is 0 Å². The summed E-state index contributed by atoms with van der Waals surface area (Å²) in [7, 11) is 4.33. The molecule has 8 nitrogen and oxygen atoms in total. The van der Waals surface area contributed by atoms with Crippen molar-refractivity contribution >= 4 is 17.5 Å². The third-order valence-electron chi connectivity index (χ3n) is 6.71. The van der Waals surface area contributed by atoms with E-state index >= 15 is 0 Å². The predicted molar refractivity (Wildman–Crippen MR) is 114 cm³/mol. The lowest BCUT2D eigenvalue weighted by Gasteiger charge is -2.45. The average molecular weight is 449 g/mol. The van der Waals surface area contributed by atoms with E-state index < -0.39 is 29.4 Å². The van der Waals surface area contributed by atoms with Gasteiger partial charge in [-0.2, -0.15) is 0 Å². The standard InChI is InChI=1S/C24H32O8/c1-23(2)19(26)8-6-7-9-20-24(23,14-16(25)13-21(27)30-5)32-22(31-20)15-10-11-17(28-3)18(12-15)29-4/h10-12,20,22H,6-9,13-14H2,1-5H3/t20-,22-,24+/m0/s1. The fourth-order valence-corrected chi connectivity index (χ4v) is 4.68. The fraction of sp³-hybridized carbons (Fsp3) is 0.625. The van der Waals surface area contributed by atoms with E-state index in [-0.39, 0.29) is 24.4 Å². The lowest BCUT2D eigenvalue weighted by Crippen LogP contribution is -2.57. The Labute approximate surface area is 188 Å². The Bertz CT molecular complexity index is 877. The molecular weight excluding hydrogens is 416 g/mol. The number of rotatable bonds is 7. The molecular formula is C24H32O8. The van der Waals surface area contributed by atoms with Gasteiger partial charge < -0.3 is 23.7 Å². The van der Waals surface area contributed by atoms with Gasteiger partial charge in [0.25, 0.3) is 0 Å². The Balaban J connectivity index is 2.01. The fourth-order valence-electron chi connectivity index (χ4n) is 4.68. The van der Waals surface area contributed by atoms with Gasteiger partial charge in [-0.05, 0) is 25.0 Å². The number of carbonyl (C=O) groups excluding carboxylic acids is 3. The van der Waals surface area contributed by atoms with E-state index in [0.717, 1.165) is 12.8 Å². The molecule has 1 aromatic carbocycles. The zero-order chi connectivity index (χ0) is 23.5. The maximum absolute atomic E-state index is 13.1. The van der Waals surface area contributed by atoms with Gasteiger partial charge >= 0.3 is 5.97 Å². The van der Waals surface area contributed by atoms with E-state index in [0.29, 0.717) is 29.9 Å². The van der Waals surface area contributed by atoms with Gasteiger partial charge in [0.2, 0.25) is 0 Å². The zero-order valence-electron chi connectivity index (χ0n) is 19.4. The molecule has 0 bridgehead atoms. The predicted octanol–water partition coefficient (Wildman–Crippen LogP) is 3.55. The number of benzene rings is 1. The molecule has 2 aliphatic rings. The molecule has 32 heavy (non-hydrogen) atoms. The number of carbonyl (C=O) groups is 3. The van der Waals surface area contributed by atoms with Gasteiger partial charge in [-0.25, -0.2) is 0 Å². The quantitative estimate of drug-likeness (QED) is 0.461. The third-order valence-corrected chi connectivity index (χ3v) is 6.71. The maximum Gasteiger partial charge on any atom is 0.313 e. The summed E-state index contributed by atoms with van der Waals surface area (Å²) in [6, 6.07) is 5.33. The van der Waals surface area contributed by atoms with Crippen molar-refractivity contribution in [3.63, 3.8) is 0 Å². The SMILES string of the molecule is COC(=O)CC(=O)C[C@@]12O[C@@H](c3ccc(OC)c(OC)c3)O[C@H]1CCCCC(=O)C2(C)C. The monoisotopic (exact) mass is 448 g/mol. The molecule has 1 aliphatic heterocycles. The molecule has 3 rings (SSSR count). The van der Waals surface area contributed by atoms with Crippen molar-refractivity contribution in [2.24, 2.45) is 5.41 Å². The van der Waals surface area contributed by atoms with Crippen LogP contribution in [0.1, 0.15) is 64.2 Å². The summed E-state index contributed by atoms with van der Waals surface area (Å²) >= 11 is 0. The van der Waals surface area contributed by atoms with E-state index in [1.54, 1.807) is 40.2 Å². The van der Waals surface area contributed by atoms with Crippen molar-refractivity contribution in [1.82, 2.24) is 0 Å². The highest BCUT2D eigenvalue weighted by molar-refractivity contribution is 5.97. The minimum absolute atomic E-state index is 0.0182. The second-order valence-electron chi connectivity index (χ2n) is 8.84. The van der Waals surface area contributed by atoms with Crippen LogP contribution in [-0.4, -0.2) is 50.6 Å². The Morgan fingerprint density at radius 1 is 1.09 bits per heavy atom. The number of Topliss-reactive ketones (excluding diaryl/α,β-unsaturated/α-hetero) is 2. The lowest BCUT2D eigenvalue weighted by molar-refractivity contribution is -0.165. The molecule has 1 aliphatic carbocycles. The summed E-state index contributed by atoms with van der Waals surface area (Å²) < 4.78 is 28.2. The Kier molecular flexibility index (Phi) is 7.25. The topological polar surface area (TPSA) is 97.4 Å². The van der Waals surface area contributed by atoms with Gasteiger partial charge in [-0.3, -0.25) is 14.4 Å². The Morgan fingerprint density at radius 2 is 1.81 bits per heavy atom. The maximum atomic E-state index is 13.1.